The van der Waals surface area contributed by atoms with Crippen LogP contribution in [-0.4, -0.2) is 10.3 Å². The molecule has 0 unspecified atom stereocenters. The Morgan fingerprint density at radius 1 is 1.33 bits per heavy atom. The van der Waals surface area contributed by atoms with E-state index in [4.69, 9.17) is 11.6 Å². The van der Waals surface area contributed by atoms with Gasteiger partial charge >= 0.3 is 0 Å². The number of hydrogen-bond donors (Lipinski definition) is 0. The van der Waals surface area contributed by atoms with Crippen LogP contribution in [0, 0.1) is 0 Å². The summed E-state index contributed by atoms with van der Waals surface area (Å²) in [4.78, 5) is 4.52. The maximum atomic E-state index is 6.17. The third-order valence-electron chi connectivity index (χ3n) is 2.91. The fourth-order valence-electron chi connectivity index (χ4n) is 2.09. The van der Waals surface area contributed by atoms with E-state index in [9.17, 15) is 0 Å². The molecule has 82 valence electrons. The molecular formula is C12H15BrClN. The lowest BCUT2D eigenvalue weighted by Crippen LogP contribution is -2.07. The molecule has 15 heavy (non-hydrogen) atoms. The summed E-state index contributed by atoms with van der Waals surface area (Å²) in [6.07, 6.45) is 7.00. The zero-order valence-corrected chi connectivity index (χ0v) is 11.1. The topological polar surface area (TPSA) is 12.9 Å². The van der Waals surface area contributed by atoms with Crippen LogP contribution in [0.25, 0.3) is 0 Å². The van der Waals surface area contributed by atoms with Crippen molar-refractivity contribution in [3.8, 4) is 0 Å². The second kappa shape index (κ2) is 5.31. The maximum Gasteiger partial charge on any atom is 0.132 e. The zero-order chi connectivity index (χ0) is 10.7. The van der Waals surface area contributed by atoms with Gasteiger partial charge in [0.15, 0.2) is 0 Å². The van der Waals surface area contributed by atoms with E-state index in [-0.39, 0.29) is 0 Å². The highest BCUT2D eigenvalue weighted by atomic mass is 79.9. The van der Waals surface area contributed by atoms with Crippen LogP contribution in [0.4, 0.5) is 0 Å². The molecule has 3 heteroatoms. The smallest absolute Gasteiger partial charge is 0.132 e. The van der Waals surface area contributed by atoms with Crippen molar-refractivity contribution in [2.45, 2.75) is 38.5 Å². The van der Waals surface area contributed by atoms with Crippen LogP contribution in [0.15, 0.2) is 6.07 Å². The molecule has 0 bridgehead atoms. The van der Waals surface area contributed by atoms with Gasteiger partial charge in [-0.2, -0.15) is 0 Å². The van der Waals surface area contributed by atoms with Gasteiger partial charge in [-0.15, -0.1) is 0 Å². The molecule has 2 rings (SSSR count). The third-order valence-corrected chi connectivity index (χ3v) is 3.79. The van der Waals surface area contributed by atoms with E-state index >= 15 is 0 Å². The van der Waals surface area contributed by atoms with Gasteiger partial charge in [0, 0.05) is 11.0 Å². The van der Waals surface area contributed by atoms with Gasteiger partial charge < -0.3 is 0 Å². The van der Waals surface area contributed by atoms with Crippen molar-refractivity contribution >= 4 is 27.5 Å². The summed E-state index contributed by atoms with van der Waals surface area (Å²) in [7, 11) is 0. The summed E-state index contributed by atoms with van der Waals surface area (Å²) in [5.41, 5.74) is 3.88. The molecule has 1 heterocycles. The Balaban J connectivity index is 2.24. The van der Waals surface area contributed by atoms with E-state index < -0.39 is 0 Å². The van der Waals surface area contributed by atoms with E-state index in [0.29, 0.717) is 0 Å². The van der Waals surface area contributed by atoms with Gasteiger partial charge in [0.2, 0.25) is 0 Å². The Hall–Kier alpha value is -0.0800. The molecular weight excluding hydrogens is 273 g/mol. The van der Waals surface area contributed by atoms with Crippen molar-refractivity contribution in [1.82, 2.24) is 4.98 Å². The van der Waals surface area contributed by atoms with Crippen LogP contribution in [0.2, 0.25) is 5.15 Å². The minimum absolute atomic E-state index is 0.719. The van der Waals surface area contributed by atoms with Crippen molar-refractivity contribution in [3.05, 3.63) is 28.0 Å². The average Bonchev–Trinajstić information content (AvgIpc) is 2.26. The Kier molecular flexibility index (Phi) is 4.04. The van der Waals surface area contributed by atoms with E-state index in [0.717, 1.165) is 29.7 Å². The first-order chi connectivity index (χ1) is 7.31. The minimum Gasteiger partial charge on any atom is -0.241 e. The highest BCUT2D eigenvalue weighted by molar-refractivity contribution is 9.09. The molecule has 1 aromatic rings. The number of rotatable bonds is 3. The first-order valence-electron chi connectivity index (χ1n) is 5.54. The number of aromatic nitrogens is 1. The van der Waals surface area contributed by atoms with Crippen LogP contribution in [0.1, 0.15) is 36.1 Å². The van der Waals surface area contributed by atoms with Gasteiger partial charge in [0.25, 0.3) is 0 Å². The SMILES string of the molecule is Clc1nc2c(cc1CCCBr)CCCC2. The Labute approximate surface area is 104 Å². The molecule has 0 spiro atoms. The molecule has 1 aromatic heterocycles. The molecule has 0 atom stereocenters. The number of pyridine rings is 1. The van der Waals surface area contributed by atoms with E-state index in [2.05, 4.69) is 27.0 Å². The number of alkyl halides is 1. The third kappa shape index (κ3) is 2.73. The molecule has 0 saturated carbocycles. The van der Waals surface area contributed by atoms with E-state index in [1.165, 1.54) is 36.1 Å². The molecule has 0 aliphatic heterocycles. The van der Waals surface area contributed by atoms with Gasteiger partial charge in [0.05, 0.1) is 0 Å². The number of nitrogens with zero attached hydrogens (tertiary/aromatic N) is 1. The van der Waals surface area contributed by atoms with E-state index in [1.807, 2.05) is 0 Å². The lowest BCUT2D eigenvalue weighted by atomic mass is 9.94. The molecule has 0 fully saturated rings. The Bertz CT molecular complexity index is 352. The lowest BCUT2D eigenvalue weighted by Gasteiger charge is -2.16. The van der Waals surface area contributed by atoms with Crippen LogP contribution in [-0.2, 0) is 19.3 Å². The predicted octanol–water partition coefficient (Wildman–Crippen LogP) is 3.94. The monoisotopic (exact) mass is 287 g/mol. The van der Waals surface area contributed by atoms with Gasteiger partial charge in [-0.1, -0.05) is 33.6 Å². The molecule has 0 aromatic carbocycles. The molecule has 1 aliphatic carbocycles. The Morgan fingerprint density at radius 2 is 2.13 bits per heavy atom. The fourth-order valence-corrected chi connectivity index (χ4v) is 2.62. The van der Waals surface area contributed by atoms with Gasteiger partial charge in [-0.25, -0.2) is 4.98 Å². The van der Waals surface area contributed by atoms with Crippen molar-refractivity contribution in [3.63, 3.8) is 0 Å². The van der Waals surface area contributed by atoms with Crippen LogP contribution < -0.4 is 0 Å². The number of hydrogen-bond acceptors (Lipinski definition) is 1. The largest absolute Gasteiger partial charge is 0.241 e. The summed E-state index contributed by atoms with van der Waals surface area (Å²) < 4.78 is 0. The second-order valence-electron chi connectivity index (χ2n) is 4.04. The van der Waals surface area contributed by atoms with Gasteiger partial charge in [-0.05, 0) is 49.7 Å². The Morgan fingerprint density at radius 3 is 2.93 bits per heavy atom. The predicted molar refractivity (Wildman–Crippen MR) is 68.0 cm³/mol. The summed E-state index contributed by atoms with van der Waals surface area (Å²) in [6.45, 7) is 0. The molecule has 1 aliphatic rings. The fraction of sp³-hybridized carbons (Fsp3) is 0.583. The first kappa shape index (κ1) is 11.4. The average molecular weight is 289 g/mol. The molecule has 0 saturated heterocycles. The summed E-state index contributed by atoms with van der Waals surface area (Å²) in [5, 5.41) is 1.75. The van der Waals surface area contributed by atoms with Crippen molar-refractivity contribution in [2.75, 3.05) is 5.33 Å². The van der Waals surface area contributed by atoms with Crippen LogP contribution >= 0.6 is 27.5 Å². The molecule has 0 radical (unpaired) electrons. The molecule has 0 amide bonds. The van der Waals surface area contributed by atoms with Crippen molar-refractivity contribution < 1.29 is 0 Å². The van der Waals surface area contributed by atoms with Gasteiger partial charge in [0.1, 0.15) is 5.15 Å². The quantitative estimate of drug-likeness (QED) is 0.606. The zero-order valence-electron chi connectivity index (χ0n) is 8.73. The second-order valence-corrected chi connectivity index (χ2v) is 5.19. The minimum atomic E-state index is 0.719. The number of fused-ring (bicyclic) bond motifs is 1. The highest BCUT2D eigenvalue weighted by Gasteiger charge is 2.13. The lowest BCUT2D eigenvalue weighted by molar-refractivity contribution is 0.665. The summed E-state index contributed by atoms with van der Waals surface area (Å²) >= 11 is 9.61. The highest BCUT2D eigenvalue weighted by Crippen LogP contribution is 2.25. The standard InChI is InChI=1S/C12H15BrClN/c13-7-3-5-10-8-9-4-1-2-6-11(9)15-12(10)14/h8H,1-7H2. The van der Waals surface area contributed by atoms with Crippen molar-refractivity contribution in [2.24, 2.45) is 0 Å². The van der Waals surface area contributed by atoms with Gasteiger partial charge in [-0.3, -0.25) is 0 Å². The molecule has 1 nitrogen and oxygen atoms in total. The van der Waals surface area contributed by atoms with Crippen LogP contribution in [0.5, 0.6) is 0 Å². The maximum absolute atomic E-state index is 6.17. The van der Waals surface area contributed by atoms with Crippen LogP contribution in [0.3, 0.4) is 0 Å². The first-order valence-corrected chi connectivity index (χ1v) is 7.04. The normalized spacial score (nSPS) is 15.1. The van der Waals surface area contributed by atoms with Crippen molar-refractivity contribution in [1.29, 1.82) is 0 Å². The number of aryl methyl sites for hydroxylation is 3. The molecule has 0 N–H and O–H groups in total. The summed E-state index contributed by atoms with van der Waals surface area (Å²) in [5.74, 6) is 0. The summed E-state index contributed by atoms with van der Waals surface area (Å²) in [6, 6.07) is 2.27. The number of halogens is 2. The van der Waals surface area contributed by atoms with E-state index in [1.54, 1.807) is 0 Å².